The second-order valence-electron chi connectivity index (χ2n) is 4.45. The van der Waals surface area contributed by atoms with Crippen LogP contribution in [0.1, 0.15) is 12.0 Å². The summed E-state index contributed by atoms with van der Waals surface area (Å²) in [7, 11) is 4.24. The van der Waals surface area contributed by atoms with Crippen LogP contribution in [0.15, 0.2) is 12.4 Å². The number of aromatic nitrogens is 2. The van der Waals surface area contributed by atoms with Crippen LogP contribution in [0.25, 0.3) is 0 Å². The summed E-state index contributed by atoms with van der Waals surface area (Å²) < 4.78 is 0. The minimum absolute atomic E-state index is 0.501. The Morgan fingerprint density at radius 1 is 1.44 bits per heavy atom. The second kappa shape index (κ2) is 4.76. The molecule has 0 bridgehead atoms. The lowest BCUT2D eigenvalue weighted by atomic mass is 10.2. The Morgan fingerprint density at radius 2 is 2.12 bits per heavy atom. The fraction of sp³-hybridized carbons (Fsp3) is 0.636. The highest BCUT2D eigenvalue weighted by atomic mass is 15.3. The van der Waals surface area contributed by atoms with Crippen LogP contribution in [0, 0.1) is 0 Å². The molecule has 0 saturated carbocycles. The van der Waals surface area contributed by atoms with Crippen LogP contribution in [-0.4, -0.2) is 48.1 Å². The summed E-state index contributed by atoms with van der Waals surface area (Å²) in [6.45, 7) is 2.54. The molecule has 2 N–H and O–H groups in total. The molecule has 0 radical (unpaired) electrons. The first-order valence-electron chi connectivity index (χ1n) is 5.63. The summed E-state index contributed by atoms with van der Waals surface area (Å²) in [5.74, 6) is 0.821. The Labute approximate surface area is 96.3 Å². The molecular formula is C11H19N5. The van der Waals surface area contributed by atoms with Gasteiger partial charge in [-0.2, -0.15) is 0 Å². The third kappa shape index (κ3) is 2.31. The van der Waals surface area contributed by atoms with Gasteiger partial charge in [0.25, 0.3) is 0 Å². The third-order valence-corrected chi connectivity index (χ3v) is 3.10. The first-order valence-corrected chi connectivity index (χ1v) is 5.63. The standard InChI is InChI=1S/C11H19N5/c1-15(2)10-3-4-16(8-10)11-13-6-9(5-12)7-14-11/h6-7,10H,3-5,8,12H2,1-2H3. The van der Waals surface area contributed by atoms with Crippen molar-refractivity contribution < 1.29 is 0 Å². The summed E-state index contributed by atoms with van der Waals surface area (Å²) in [6, 6.07) is 0.609. The van der Waals surface area contributed by atoms with E-state index in [9.17, 15) is 0 Å². The molecule has 1 fully saturated rings. The number of rotatable bonds is 3. The van der Waals surface area contributed by atoms with Gasteiger partial charge >= 0.3 is 0 Å². The highest BCUT2D eigenvalue weighted by Crippen LogP contribution is 2.17. The van der Waals surface area contributed by atoms with E-state index in [0.29, 0.717) is 12.6 Å². The van der Waals surface area contributed by atoms with E-state index in [1.54, 1.807) is 0 Å². The second-order valence-corrected chi connectivity index (χ2v) is 4.45. The molecule has 1 unspecified atom stereocenters. The van der Waals surface area contributed by atoms with Gasteiger partial charge in [-0.3, -0.25) is 0 Å². The molecule has 0 spiro atoms. The van der Waals surface area contributed by atoms with E-state index in [-0.39, 0.29) is 0 Å². The van der Waals surface area contributed by atoms with Crippen molar-refractivity contribution in [1.82, 2.24) is 14.9 Å². The van der Waals surface area contributed by atoms with Crippen LogP contribution < -0.4 is 10.6 Å². The Hall–Kier alpha value is -1.20. The molecular weight excluding hydrogens is 202 g/mol. The van der Waals surface area contributed by atoms with E-state index in [1.807, 2.05) is 12.4 Å². The van der Waals surface area contributed by atoms with Crippen LogP contribution in [0.5, 0.6) is 0 Å². The van der Waals surface area contributed by atoms with Gasteiger partial charge in [0, 0.05) is 43.6 Å². The molecule has 1 aliphatic heterocycles. The van der Waals surface area contributed by atoms with Crippen LogP contribution in [-0.2, 0) is 6.54 Å². The first-order chi connectivity index (χ1) is 7.70. The van der Waals surface area contributed by atoms with Gasteiger partial charge in [-0.1, -0.05) is 0 Å². The van der Waals surface area contributed by atoms with Crippen molar-refractivity contribution in [1.29, 1.82) is 0 Å². The van der Waals surface area contributed by atoms with Crippen LogP contribution in [0.2, 0.25) is 0 Å². The maximum atomic E-state index is 5.51. The molecule has 1 saturated heterocycles. The average Bonchev–Trinajstić information content (AvgIpc) is 2.78. The van der Waals surface area contributed by atoms with Gasteiger partial charge in [-0.05, 0) is 20.5 Å². The predicted molar refractivity (Wildman–Crippen MR) is 64.2 cm³/mol. The number of hydrogen-bond donors (Lipinski definition) is 1. The van der Waals surface area contributed by atoms with Crippen molar-refractivity contribution >= 4 is 5.95 Å². The van der Waals surface area contributed by atoms with Crippen molar-refractivity contribution in [2.24, 2.45) is 5.73 Å². The fourth-order valence-corrected chi connectivity index (χ4v) is 1.96. The molecule has 0 aliphatic carbocycles. The zero-order valence-electron chi connectivity index (χ0n) is 9.93. The number of likely N-dealkylation sites (N-methyl/N-ethyl adjacent to an activating group) is 1. The monoisotopic (exact) mass is 221 g/mol. The van der Waals surface area contributed by atoms with Gasteiger partial charge in [-0.25, -0.2) is 9.97 Å². The van der Waals surface area contributed by atoms with E-state index in [0.717, 1.165) is 24.6 Å². The number of nitrogens with two attached hydrogens (primary N) is 1. The Balaban J connectivity index is 2.03. The van der Waals surface area contributed by atoms with Crippen molar-refractivity contribution in [3.05, 3.63) is 18.0 Å². The summed E-state index contributed by atoms with van der Waals surface area (Å²) >= 11 is 0. The van der Waals surface area contributed by atoms with Crippen molar-refractivity contribution in [2.75, 3.05) is 32.1 Å². The van der Waals surface area contributed by atoms with Crippen molar-refractivity contribution in [3.63, 3.8) is 0 Å². The summed E-state index contributed by atoms with van der Waals surface area (Å²) in [5.41, 5.74) is 6.49. The van der Waals surface area contributed by atoms with E-state index in [2.05, 4.69) is 33.9 Å². The molecule has 88 valence electrons. The molecule has 2 rings (SSSR count). The van der Waals surface area contributed by atoms with E-state index in [1.165, 1.54) is 6.42 Å². The van der Waals surface area contributed by atoms with Gasteiger partial charge in [0.05, 0.1) is 0 Å². The third-order valence-electron chi connectivity index (χ3n) is 3.10. The average molecular weight is 221 g/mol. The topological polar surface area (TPSA) is 58.3 Å². The molecule has 0 amide bonds. The molecule has 1 atom stereocenters. The highest BCUT2D eigenvalue weighted by molar-refractivity contribution is 5.32. The highest BCUT2D eigenvalue weighted by Gasteiger charge is 2.25. The molecule has 1 aliphatic rings. The minimum Gasteiger partial charge on any atom is -0.339 e. The predicted octanol–water partition coefficient (Wildman–Crippen LogP) is 0.0756. The Kier molecular flexibility index (Phi) is 3.36. The minimum atomic E-state index is 0.501. The molecule has 5 heteroatoms. The molecule has 1 aromatic rings. The maximum Gasteiger partial charge on any atom is 0.225 e. The van der Waals surface area contributed by atoms with Crippen LogP contribution >= 0.6 is 0 Å². The Morgan fingerprint density at radius 3 is 2.62 bits per heavy atom. The molecule has 1 aromatic heterocycles. The van der Waals surface area contributed by atoms with Gasteiger partial charge < -0.3 is 15.5 Å². The summed E-state index contributed by atoms with van der Waals surface area (Å²) in [4.78, 5) is 13.2. The largest absolute Gasteiger partial charge is 0.339 e. The molecule has 16 heavy (non-hydrogen) atoms. The van der Waals surface area contributed by atoms with E-state index in [4.69, 9.17) is 5.73 Å². The van der Waals surface area contributed by atoms with Gasteiger partial charge in [0.2, 0.25) is 5.95 Å². The fourth-order valence-electron chi connectivity index (χ4n) is 1.96. The normalized spacial score (nSPS) is 20.8. The van der Waals surface area contributed by atoms with Gasteiger partial charge in [-0.15, -0.1) is 0 Å². The maximum absolute atomic E-state index is 5.51. The van der Waals surface area contributed by atoms with Crippen molar-refractivity contribution in [3.8, 4) is 0 Å². The van der Waals surface area contributed by atoms with E-state index >= 15 is 0 Å². The quantitative estimate of drug-likeness (QED) is 0.783. The lowest BCUT2D eigenvalue weighted by Crippen LogP contribution is -2.32. The van der Waals surface area contributed by atoms with E-state index < -0.39 is 0 Å². The molecule has 2 heterocycles. The molecule has 0 aromatic carbocycles. The molecule has 5 nitrogen and oxygen atoms in total. The smallest absolute Gasteiger partial charge is 0.225 e. The lowest BCUT2D eigenvalue weighted by Gasteiger charge is -2.20. The zero-order valence-corrected chi connectivity index (χ0v) is 9.93. The SMILES string of the molecule is CN(C)C1CCN(c2ncc(CN)cn2)C1. The number of hydrogen-bond acceptors (Lipinski definition) is 5. The number of anilines is 1. The van der Waals surface area contributed by atoms with Gasteiger partial charge in [0.1, 0.15) is 0 Å². The zero-order chi connectivity index (χ0) is 11.5. The number of nitrogens with zero attached hydrogens (tertiary/aromatic N) is 4. The Bertz CT molecular complexity index is 335. The lowest BCUT2D eigenvalue weighted by molar-refractivity contribution is 0.315. The van der Waals surface area contributed by atoms with Crippen LogP contribution in [0.3, 0.4) is 0 Å². The van der Waals surface area contributed by atoms with Crippen LogP contribution in [0.4, 0.5) is 5.95 Å². The summed E-state index contributed by atoms with van der Waals surface area (Å²) in [5, 5.41) is 0. The summed E-state index contributed by atoms with van der Waals surface area (Å²) in [6.07, 6.45) is 4.80. The van der Waals surface area contributed by atoms with Gasteiger partial charge in [0.15, 0.2) is 0 Å². The first kappa shape index (κ1) is 11.3. The van der Waals surface area contributed by atoms with Crippen molar-refractivity contribution in [2.45, 2.75) is 19.0 Å².